The summed E-state index contributed by atoms with van der Waals surface area (Å²) < 4.78 is 1.30. The summed E-state index contributed by atoms with van der Waals surface area (Å²) in [5, 5.41) is 12.8. The second-order valence-electron chi connectivity index (χ2n) is 7.41. The first-order chi connectivity index (χ1) is 8.98. The largest absolute Gasteiger partial charge is 0.624 e. The van der Waals surface area contributed by atoms with Crippen LogP contribution in [0.2, 0.25) is 0 Å². The van der Waals surface area contributed by atoms with Gasteiger partial charge in [-0.1, -0.05) is 51.5 Å². The smallest absolute Gasteiger partial charge is 0.175 e. The van der Waals surface area contributed by atoms with Crippen molar-refractivity contribution in [3.8, 4) is 0 Å². The van der Waals surface area contributed by atoms with Gasteiger partial charge in [-0.2, -0.15) is 0 Å². The molecule has 2 unspecified atom stereocenters. The van der Waals surface area contributed by atoms with Crippen molar-refractivity contribution in [2.45, 2.75) is 67.9 Å². The third kappa shape index (κ3) is 2.45. The van der Waals surface area contributed by atoms with Gasteiger partial charge in [-0.05, 0) is 27.7 Å². The molecule has 0 aliphatic carbocycles. The predicted octanol–water partition coefficient (Wildman–Crippen LogP) is 4.94. The summed E-state index contributed by atoms with van der Waals surface area (Å²) in [6, 6.07) is -0.0123. The van der Waals surface area contributed by atoms with Crippen molar-refractivity contribution >= 4 is 5.71 Å². The van der Waals surface area contributed by atoms with E-state index in [1.165, 1.54) is 10.3 Å². The van der Waals surface area contributed by atoms with Crippen LogP contribution < -0.4 is 0 Å². The predicted molar refractivity (Wildman–Crippen MR) is 88.0 cm³/mol. The molecule has 0 aromatic carbocycles. The lowest BCUT2D eigenvalue weighted by molar-refractivity contribution is -0.514. The highest BCUT2D eigenvalue weighted by molar-refractivity contribution is 5.87. The van der Waals surface area contributed by atoms with Crippen LogP contribution in [0.5, 0.6) is 0 Å². The lowest BCUT2D eigenvalue weighted by Crippen LogP contribution is -2.43. The van der Waals surface area contributed by atoms with E-state index >= 15 is 0 Å². The van der Waals surface area contributed by atoms with Gasteiger partial charge in [0.15, 0.2) is 11.8 Å². The van der Waals surface area contributed by atoms with Crippen LogP contribution in [0.15, 0.2) is 23.8 Å². The van der Waals surface area contributed by atoms with Gasteiger partial charge in [0.25, 0.3) is 0 Å². The molecule has 114 valence electrons. The van der Waals surface area contributed by atoms with E-state index in [-0.39, 0.29) is 22.8 Å². The number of hydrogen-bond acceptors (Lipinski definition) is 1. The molecule has 1 heterocycles. The average molecular weight is 277 g/mol. The van der Waals surface area contributed by atoms with Crippen LogP contribution >= 0.6 is 0 Å². The molecule has 0 aromatic rings. The summed E-state index contributed by atoms with van der Waals surface area (Å²) in [6.07, 6.45) is 3.03. The Morgan fingerprint density at radius 1 is 1.35 bits per heavy atom. The third-order valence-corrected chi connectivity index (χ3v) is 5.61. The summed E-state index contributed by atoms with van der Waals surface area (Å²) in [5.74, 6) is 0.211. The normalized spacial score (nSPS) is 26.8. The van der Waals surface area contributed by atoms with Crippen molar-refractivity contribution in [2.24, 2.45) is 16.7 Å². The van der Waals surface area contributed by atoms with Gasteiger partial charge in [-0.25, -0.2) is 4.74 Å². The lowest BCUT2D eigenvalue weighted by Gasteiger charge is -2.36. The van der Waals surface area contributed by atoms with Gasteiger partial charge < -0.3 is 5.21 Å². The van der Waals surface area contributed by atoms with Crippen LogP contribution in [0, 0.1) is 22.0 Å². The molecule has 0 N–H and O–H groups in total. The van der Waals surface area contributed by atoms with Gasteiger partial charge in [0.1, 0.15) is 0 Å². The molecule has 0 saturated heterocycles. The zero-order chi connectivity index (χ0) is 15.9. The Balaban J connectivity index is 3.28. The van der Waals surface area contributed by atoms with E-state index in [1.807, 2.05) is 6.92 Å². The van der Waals surface area contributed by atoms with Crippen LogP contribution in [0.25, 0.3) is 0 Å². The maximum absolute atomic E-state index is 12.8. The fourth-order valence-corrected chi connectivity index (χ4v) is 3.57. The summed E-state index contributed by atoms with van der Waals surface area (Å²) in [5.41, 5.74) is 3.17. The zero-order valence-corrected chi connectivity index (χ0v) is 14.5. The number of allylic oxidation sites excluding steroid dienone is 2. The van der Waals surface area contributed by atoms with Crippen LogP contribution in [0.1, 0.15) is 61.8 Å². The maximum Gasteiger partial charge on any atom is 0.175 e. The number of hydrogen-bond donors (Lipinski definition) is 0. The second-order valence-corrected chi connectivity index (χ2v) is 7.41. The van der Waals surface area contributed by atoms with Crippen LogP contribution in [0.3, 0.4) is 0 Å². The summed E-state index contributed by atoms with van der Waals surface area (Å²) in [6.45, 7) is 21.2. The first-order valence-electron chi connectivity index (χ1n) is 7.65. The van der Waals surface area contributed by atoms with Crippen LogP contribution in [0.4, 0.5) is 0 Å². The molecule has 0 bridgehead atoms. The van der Waals surface area contributed by atoms with E-state index in [0.29, 0.717) is 0 Å². The SMILES string of the molecule is C=C(C)C(C)=CC(C)C1[N+]([O-])=C(CC)C(C)(C)C1(C)C. The molecule has 1 rings (SSSR count). The standard InChI is InChI=1S/C18H31NO/c1-10-15-17(6,7)18(8,9)16(19(15)20)14(5)11-13(4)12(2)3/h11,14,16H,2,10H2,1,3-9H3. The fraction of sp³-hybridized carbons (Fsp3) is 0.722. The Morgan fingerprint density at radius 2 is 1.85 bits per heavy atom. The number of rotatable bonds is 4. The molecule has 20 heavy (non-hydrogen) atoms. The van der Waals surface area contributed by atoms with Gasteiger partial charge >= 0.3 is 0 Å². The summed E-state index contributed by atoms with van der Waals surface area (Å²) >= 11 is 0. The van der Waals surface area contributed by atoms with Gasteiger partial charge in [0, 0.05) is 17.8 Å². The Bertz CT molecular complexity index is 466. The quantitative estimate of drug-likeness (QED) is 0.406. The van der Waals surface area contributed by atoms with E-state index in [1.54, 1.807) is 0 Å². The minimum atomic E-state index is -0.0621. The molecular weight excluding hydrogens is 246 g/mol. The van der Waals surface area contributed by atoms with E-state index in [9.17, 15) is 5.21 Å². The first-order valence-corrected chi connectivity index (χ1v) is 7.65. The molecule has 1 aliphatic heterocycles. The van der Waals surface area contributed by atoms with Gasteiger partial charge in [-0.3, -0.25) is 0 Å². The highest BCUT2D eigenvalue weighted by atomic mass is 16.5. The van der Waals surface area contributed by atoms with Crippen LogP contribution in [-0.2, 0) is 0 Å². The third-order valence-electron chi connectivity index (χ3n) is 5.61. The molecule has 0 amide bonds. The van der Waals surface area contributed by atoms with E-state index in [4.69, 9.17) is 0 Å². The van der Waals surface area contributed by atoms with Crippen molar-refractivity contribution in [3.05, 3.63) is 29.0 Å². The molecule has 0 saturated carbocycles. The minimum Gasteiger partial charge on any atom is -0.624 e. The molecule has 2 nitrogen and oxygen atoms in total. The first kappa shape index (κ1) is 17.0. The minimum absolute atomic E-state index is 0.0123. The van der Waals surface area contributed by atoms with Gasteiger partial charge in [-0.15, -0.1) is 0 Å². The highest BCUT2D eigenvalue weighted by Crippen LogP contribution is 2.51. The second kappa shape index (κ2) is 5.38. The molecular formula is C18H31NO. The highest BCUT2D eigenvalue weighted by Gasteiger charge is 2.59. The number of hydroxylamine groups is 1. The van der Waals surface area contributed by atoms with Crippen molar-refractivity contribution in [3.63, 3.8) is 0 Å². The Hall–Kier alpha value is -1.05. The summed E-state index contributed by atoms with van der Waals surface area (Å²) in [7, 11) is 0. The van der Waals surface area contributed by atoms with Crippen molar-refractivity contribution < 1.29 is 4.74 Å². The molecule has 2 heteroatoms. The fourth-order valence-electron chi connectivity index (χ4n) is 3.57. The van der Waals surface area contributed by atoms with E-state index in [2.05, 4.69) is 61.1 Å². The Labute approximate surface area is 124 Å². The van der Waals surface area contributed by atoms with Gasteiger partial charge in [0.05, 0.1) is 5.41 Å². The molecule has 1 aliphatic rings. The van der Waals surface area contributed by atoms with Gasteiger partial charge in [0.2, 0.25) is 0 Å². The molecule has 0 radical (unpaired) electrons. The molecule has 0 aromatic heterocycles. The van der Waals surface area contributed by atoms with E-state index in [0.717, 1.165) is 17.7 Å². The van der Waals surface area contributed by atoms with Crippen molar-refractivity contribution in [1.82, 2.24) is 0 Å². The van der Waals surface area contributed by atoms with E-state index < -0.39 is 0 Å². The van der Waals surface area contributed by atoms with Crippen LogP contribution in [-0.4, -0.2) is 16.5 Å². The summed E-state index contributed by atoms with van der Waals surface area (Å²) in [4.78, 5) is 0. The van der Waals surface area contributed by atoms with Crippen molar-refractivity contribution in [1.29, 1.82) is 0 Å². The average Bonchev–Trinajstić information content (AvgIpc) is 2.41. The number of nitrogens with zero attached hydrogens (tertiary/aromatic N) is 1. The topological polar surface area (TPSA) is 26.1 Å². The molecule has 2 atom stereocenters. The lowest BCUT2D eigenvalue weighted by atomic mass is 9.62. The molecule has 0 fully saturated rings. The van der Waals surface area contributed by atoms with Crippen molar-refractivity contribution in [2.75, 3.05) is 0 Å². The monoisotopic (exact) mass is 277 g/mol. The Morgan fingerprint density at radius 3 is 2.20 bits per heavy atom. The maximum atomic E-state index is 12.8. The molecule has 0 spiro atoms. The zero-order valence-electron chi connectivity index (χ0n) is 14.5. The Kier molecular flexibility index (Phi) is 4.58.